The molecule has 176 valence electrons. The van der Waals surface area contributed by atoms with Crippen molar-refractivity contribution in [2.75, 3.05) is 12.0 Å². The van der Waals surface area contributed by atoms with Gasteiger partial charge in [0.15, 0.2) is 0 Å². The van der Waals surface area contributed by atoms with Crippen LogP contribution in [0, 0.1) is 5.82 Å². The van der Waals surface area contributed by atoms with Gasteiger partial charge < -0.3 is 14.6 Å². The lowest BCUT2D eigenvalue weighted by Crippen LogP contribution is -2.46. The highest BCUT2D eigenvalue weighted by molar-refractivity contribution is 6.30. The third-order valence-electron chi connectivity index (χ3n) is 5.76. The Hall–Kier alpha value is -4.17. The van der Waals surface area contributed by atoms with Crippen molar-refractivity contribution in [2.45, 2.75) is 13.0 Å². The zero-order valence-electron chi connectivity index (χ0n) is 18.8. The molecule has 1 aromatic heterocycles. The molecule has 9 heteroatoms. The van der Waals surface area contributed by atoms with Gasteiger partial charge in [0.25, 0.3) is 5.89 Å². The molecule has 3 aromatic carbocycles. The highest BCUT2D eigenvalue weighted by Gasteiger charge is 2.36. The molecule has 0 radical (unpaired) electrons. The van der Waals surface area contributed by atoms with Crippen LogP contribution in [-0.2, 0) is 0 Å². The average molecular weight is 491 g/mol. The Morgan fingerprint density at radius 1 is 1.09 bits per heavy atom. The summed E-state index contributed by atoms with van der Waals surface area (Å²) in [5, 5.41) is 7.67. The molecule has 1 unspecified atom stereocenters. The van der Waals surface area contributed by atoms with Gasteiger partial charge in [-0.1, -0.05) is 41.0 Å². The Morgan fingerprint density at radius 2 is 1.83 bits per heavy atom. The number of halogens is 2. The molecule has 1 aliphatic heterocycles. The smallest absolute Gasteiger partial charge is 0.326 e. The fraction of sp³-hybridized carbons (Fsp3) is 0.115. The summed E-state index contributed by atoms with van der Waals surface area (Å²) in [4.78, 5) is 19.4. The van der Waals surface area contributed by atoms with Crippen LogP contribution in [0.15, 0.2) is 83.0 Å². The number of aromatic nitrogens is 2. The number of anilines is 1. The third-order valence-corrected chi connectivity index (χ3v) is 5.99. The van der Waals surface area contributed by atoms with E-state index in [2.05, 4.69) is 15.5 Å². The number of carbonyl (C=O) groups excluding carboxylic acids is 1. The van der Waals surface area contributed by atoms with Crippen LogP contribution in [0.3, 0.4) is 0 Å². The normalized spacial score (nSPS) is 15.8. The zero-order chi connectivity index (χ0) is 24.5. The number of carbonyl (C=O) groups is 1. The summed E-state index contributed by atoms with van der Waals surface area (Å²) in [5.41, 5.74) is 3.18. The molecule has 1 atom stereocenters. The van der Waals surface area contributed by atoms with Crippen LogP contribution in [0.1, 0.15) is 24.4 Å². The van der Waals surface area contributed by atoms with Gasteiger partial charge in [-0.2, -0.15) is 4.98 Å². The van der Waals surface area contributed by atoms with Crippen LogP contribution in [0.4, 0.5) is 14.9 Å². The number of ether oxygens (including phenoxy) is 1. The lowest BCUT2D eigenvalue weighted by molar-refractivity contribution is 0.244. The molecule has 0 saturated heterocycles. The highest BCUT2D eigenvalue weighted by atomic mass is 35.5. The minimum absolute atomic E-state index is 0.227. The Labute approximate surface area is 205 Å². The van der Waals surface area contributed by atoms with E-state index in [1.807, 2.05) is 6.07 Å². The first kappa shape index (κ1) is 22.6. The second kappa shape index (κ2) is 9.23. The number of hydrogen-bond acceptors (Lipinski definition) is 5. The fourth-order valence-corrected chi connectivity index (χ4v) is 4.24. The van der Waals surface area contributed by atoms with E-state index in [0.717, 1.165) is 0 Å². The second-order valence-electron chi connectivity index (χ2n) is 7.90. The molecular weight excluding hydrogens is 471 g/mol. The van der Waals surface area contributed by atoms with Gasteiger partial charge in [0, 0.05) is 16.3 Å². The van der Waals surface area contributed by atoms with E-state index in [-0.39, 0.29) is 17.7 Å². The number of urea groups is 1. The van der Waals surface area contributed by atoms with Gasteiger partial charge in [0.1, 0.15) is 11.6 Å². The van der Waals surface area contributed by atoms with Crippen molar-refractivity contribution in [3.05, 3.63) is 101 Å². The van der Waals surface area contributed by atoms with E-state index in [1.54, 1.807) is 68.6 Å². The predicted molar refractivity (Wildman–Crippen MR) is 130 cm³/mol. The first-order valence-electron chi connectivity index (χ1n) is 10.8. The number of allylic oxidation sites excluding steroid dienone is 1. The summed E-state index contributed by atoms with van der Waals surface area (Å²) in [6.07, 6.45) is 0. The van der Waals surface area contributed by atoms with Gasteiger partial charge in [-0.3, -0.25) is 4.90 Å². The van der Waals surface area contributed by atoms with Crippen molar-refractivity contribution in [1.82, 2.24) is 15.5 Å². The number of hydrogen-bond donors (Lipinski definition) is 1. The van der Waals surface area contributed by atoms with Crippen LogP contribution in [-0.4, -0.2) is 23.3 Å². The monoisotopic (exact) mass is 490 g/mol. The van der Waals surface area contributed by atoms with Crippen LogP contribution in [0.25, 0.3) is 17.0 Å². The van der Waals surface area contributed by atoms with Gasteiger partial charge in [-0.15, -0.1) is 0 Å². The van der Waals surface area contributed by atoms with Crippen molar-refractivity contribution in [3.63, 3.8) is 0 Å². The lowest BCUT2D eigenvalue weighted by atomic mass is 9.94. The van der Waals surface area contributed by atoms with E-state index in [0.29, 0.717) is 44.7 Å². The summed E-state index contributed by atoms with van der Waals surface area (Å²) in [7, 11) is 1.58. The van der Waals surface area contributed by atoms with Crippen molar-refractivity contribution in [1.29, 1.82) is 0 Å². The van der Waals surface area contributed by atoms with Crippen LogP contribution < -0.4 is 15.0 Å². The molecule has 7 nitrogen and oxygen atoms in total. The minimum Gasteiger partial charge on any atom is -0.497 e. The van der Waals surface area contributed by atoms with E-state index >= 15 is 0 Å². The molecule has 4 aromatic rings. The Bertz CT molecular complexity index is 1420. The molecule has 0 fully saturated rings. The Balaban J connectivity index is 1.64. The fourth-order valence-electron chi connectivity index (χ4n) is 4.05. The van der Waals surface area contributed by atoms with Gasteiger partial charge in [0.2, 0.25) is 5.82 Å². The van der Waals surface area contributed by atoms with Gasteiger partial charge in [-0.25, -0.2) is 9.18 Å². The predicted octanol–water partition coefficient (Wildman–Crippen LogP) is 6.24. The standard InChI is InChI=1S/C26H20ClFN4O3/c1-15-22(25-30-24(31-35-25)17-4-3-5-18(27)14-17)23(16-6-8-19(28)9-7-16)29-26(33)32(15)20-10-12-21(34-2)13-11-20/h3-14,23H,1-2H3,(H,29,33). The number of amides is 2. The summed E-state index contributed by atoms with van der Waals surface area (Å²) in [6.45, 7) is 1.80. The maximum atomic E-state index is 13.6. The zero-order valence-corrected chi connectivity index (χ0v) is 19.6. The Kier molecular flexibility index (Phi) is 5.96. The SMILES string of the molecule is COc1ccc(N2C(=O)NC(c3ccc(F)cc3)C(c3nc(-c4cccc(Cl)c4)no3)=C2C)cc1. The van der Waals surface area contributed by atoms with Crippen LogP contribution in [0.5, 0.6) is 5.75 Å². The number of benzene rings is 3. The molecule has 0 spiro atoms. The molecule has 5 rings (SSSR count). The van der Waals surface area contributed by atoms with Crippen molar-refractivity contribution in [3.8, 4) is 17.1 Å². The van der Waals surface area contributed by atoms with Crippen LogP contribution >= 0.6 is 11.6 Å². The summed E-state index contributed by atoms with van der Waals surface area (Å²) >= 11 is 6.12. The molecule has 0 aliphatic carbocycles. The quantitative estimate of drug-likeness (QED) is 0.358. The Morgan fingerprint density at radius 3 is 2.51 bits per heavy atom. The van der Waals surface area contributed by atoms with Crippen molar-refractivity contribution < 1.29 is 18.4 Å². The summed E-state index contributed by atoms with van der Waals surface area (Å²) < 4.78 is 24.5. The van der Waals surface area contributed by atoms with E-state index in [1.165, 1.54) is 17.0 Å². The van der Waals surface area contributed by atoms with Gasteiger partial charge in [0.05, 0.1) is 24.4 Å². The van der Waals surface area contributed by atoms with E-state index < -0.39 is 6.04 Å². The van der Waals surface area contributed by atoms with Crippen LogP contribution in [0.2, 0.25) is 5.02 Å². The van der Waals surface area contributed by atoms with Crippen molar-refractivity contribution in [2.24, 2.45) is 0 Å². The third kappa shape index (κ3) is 4.36. The van der Waals surface area contributed by atoms with Crippen molar-refractivity contribution >= 4 is 28.9 Å². The average Bonchev–Trinajstić information content (AvgIpc) is 3.34. The largest absolute Gasteiger partial charge is 0.497 e. The van der Waals surface area contributed by atoms with Gasteiger partial charge in [-0.05, 0) is 61.0 Å². The number of nitrogens with zero attached hydrogens (tertiary/aromatic N) is 3. The molecule has 0 saturated carbocycles. The number of methoxy groups -OCH3 is 1. The topological polar surface area (TPSA) is 80.5 Å². The first-order chi connectivity index (χ1) is 16.9. The summed E-state index contributed by atoms with van der Waals surface area (Å²) in [6, 6.07) is 19.2. The molecule has 2 heterocycles. The molecule has 35 heavy (non-hydrogen) atoms. The maximum Gasteiger partial charge on any atom is 0.326 e. The molecular formula is C26H20ClFN4O3. The lowest BCUT2D eigenvalue weighted by Gasteiger charge is -2.35. The van der Waals surface area contributed by atoms with Gasteiger partial charge >= 0.3 is 6.03 Å². The number of nitrogens with one attached hydrogen (secondary N) is 1. The molecule has 1 aliphatic rings. The highest BCUT2D eigenvalue weighted by Crippen LogP contribution is 2.39. The van der Waals surface area contributed by atoms with E-state index in [9.17, 15) is 9.18 Å². The minimum atomic E-state index is -0.634. The summed E-state index contributed by atoms with van der Waals surface area (Å²) in [5.74, 6) is 0.873. The number of rotatable bonds is 5. The second-order valence-corrected chi connectivity index (χ2v) is 8.34. The molecule has 1 N–H and O–H groups in total. The first-order valence-corrected chi connectivity index (χ1v) is 11.1. The molecule has 2 amide bonds. The maximum absolute atomic E-state index is 13.6. The van der Waals surface area contributed by atoms with E-state index in [4.69, 9.17) is 20.9 Å². The molecule has 0 bridgehead atoms.